The molecule has 70 valence electrons. The molecular weight excluding hydrogens is 184 g/mol. The van der Waals surface area contributed by atoms with Gasteiger partial charge in [0.15, 0.2) is 5.11 Å². The molecule has 0 spiro atoms. The van der Waals surface area contributed by atoms with Crippen LogP contribution in [0.3, 0.4) is 0 Å². The van der Waals surface area contributed by atoms with E-state index >= 15 is 0 Å². The van der Waals surface area contributed by atoms with E-state index in [0.29, 0.717) is 11.1 Å². The second-order valence-corrected chi connectivity index (χ2v) is 2.91. The van der Waals surface area contributed by atoms with Crippen molar-refractivity contribution in [2.45, 2.75) is 13.8 Å². The molecule has 0 bridgehead atoms. The second kappa shape index (κ2) is 4.71. The molecule has 0 atom stereocenters. The number of aromatic nitrogens is 2. The first kappa shape index (κ1) is 9.85. The van der Waals surface area contributed by atoms with Crippen molar-refractivity contribution >= 4 is 23.3 Å². The highest BCUT2D eigenvalue weighted by Crippen LogP contribution is 1.97. The summed E-state index contributed by atoms with van der Waals surface area (Å²) in [6.45, 7) is 4.67. The Morgan fingerprint density at radius 3 is 3.00 bits per heavy atom. The molecule has 1 heterocycles. The number of nitrogens with one attached hydrogen (secondary N) is 2. The Hall–Kier alpha value is -1.23. The average molecular weight is 196 g/mol. The quantitative estimate of drug-likeness (QED) is 0.693. The zero-order valence-electron chi connectivity index (χ0n) is 7.66. The predicted octanol–water partition coefficient (Wildman–Crippen LogP) is 1.09. The number of thiocarbonyl (C=S) groups is 1. The fraction of sp³-hybridized carbons (Fsp3) is 0.375. The fourth-order valence-corrected chi connectivity index (χ4v) is 1.05. The lowest BCUT2D eigenvalue weighted by atomic mass is 10.5. The monoisotopic (exact) mass is 196 g/mol. The van der Waals surface area contributed by atoms with E-state index in [4.69, 9.17) is 12.2 Å². The summed E-state index contributed by atoms with van der Waals surface area (Å²) in [5.41, 5.74) is 0.914. The van der Waals surface area contributed by atoms with Gasteiger partial charge in [-0.2, -0.15) is 0 Å². The third kappa shape index (κ3) is 3.33. The number of anilines is 1. The van der Waals surface area contributed by atoms with E-state index in [1.165, 1.54) is 0 Å². The number of hydrogen-bond acceptors (Lipinski definition) is 3. The normalized spacial score (nSPS) is 9.38. The minimum Gasteiger partial charge on any atom is -0.363 e. The summed E-state index contributed by atoms with van der Waals surface area (Å²) in [4.78, 5) is 8.16. The zero-order chi connectivity index (χ0) is 9.68. The van der Waals surface area contributed by atoms with Crippen LogP contribution >= 0.6 is 12.2 Å². The molecule has 0 aliphatic carbocycles. The van der Waals surface area contributed by atoms with E-state index in [-0.39, 0.29) is 0 Å². The van der Waals surface area contributed by atoms with Crippen molar-refractivity contribution in [2.24, 2.45) is 0 Å². The summed E-state index contributed by atoms with van der Waals surface area (Å²) in [6, 6.07) is 1.83. The van der Waals surface area contributed by atoms with Crippen LogP contribution in [0, 0.1) is 6.92 Å². The average Bonchev–Trinajstić information content (AvgIpc) is 2.04. The van der Waals surface area contributed by atoms with Crippen LogP contribution in [0.15, 0.2) is 12.3 Å². The van der Waals surface area contributed by atoms with Gasteiger partial charge in [0.25, 0.3) is 0 Å². The van der Waals surface area contributed by atoms with Crippen molar-refractivity contribution < 1.29 is 0 Å². The van der Waals surface area contributed by atoms with Crippen LogP contribution in [-0.2, 0) is 0 Å². The first-order chi connectivity index (χ1) is 6.22. The molecule has 0 saturated carbocycles. The first-order valence-electron chi connectivity index (χ1n) is 4.07. The highest BCUT2D eigenvalue weighted by molar-refractivity contribution is 7.80. The van der Waals surface area contributed by atoms with E-state index in [2.05, 4.69) is 20.6 Å². The fourth-order valence-electron chi connectivity index (χ4n) is 0.815. The lowest BCUT2D eigenvalue weighted by Gasteiger charge is -2.06. The highest BCUT2D eigenvalue weighted by atomic mass is 32.1. The summed E-state index contributed by atoms with van der Waals surface area (Å²) in [5.74, 6) is 0.533. The molecule has 1 rings (SSSR count). The molecule has 1 aromatic rings. The molecule has 0 aliphatic rings. The molecule has 0 unspecified atom stereocenters. The third-order valence-electron chi connectivity index (χ3n) is 1.36. The molecule has 4 nitrogen and oxygen atoms in total. The standard InChI is InChI=1S/C8H12N4S/c1-3-9-8(13)12-7-10-5-4-6(2)11-7/h4-5H,3H2,1-2H3,(H2,9,10,11,12,13). The summed E-state index contributed by atoms with van der Waals surface area (Å²) in [6.07, 6.45) is 1.69. The largest absolute Gasteiger partial charge is 0.363 e. The van der Waals surface area contributed by atoms with Gasteiger partial charge in [-0.05, 0) is 32.1 Å². The van der Waals surface area contributed by atoms with Gasteiger partial charge in [-0.1, -0.05) is 0 Å². The molecular formula is C8H12N4S. The van der Waals surface area contributed by atoms with Crippen LogP contribution in [0.25, 0.3) is 0 Å². The van der Waals surface area contributed by atoms with Gasteiger partial charge in [0.05, 0.1) is 0 Å². The van der Waals surface area contributed by atoms with Gasteiger partial charge < -0.3 is 10.6 Å². The van der Waals surface area contributed by atoms with Gasteiger partial charge in [0, 0.05) is 18.4 Å². The van der Waals surface area contributed by atoms with Crippen molar-refractivity contribution in [2.75, 3.05) is 11.9 Å². The molecule has 0 radical (unpaired) electrons. The molecule has 0 aliphatic heterocycles. The van der Waals surface area contributed by atoms with Crippen LogP contribution in [-0.4, -0.2) is 21.6 Å². The molecule has 0 fully saturated rings. The second-order valence-electron chi connectivity index (χ2n) is 2.51. The Bertz CT molecular complexity index is 300. The predicted molar refractivity (Wildman–Crippen MR) is 56.7 cm³/mol. The van der Waals surface area contributed by atoms with Crippen molar-refractivity contribution in [3.8, 4) is 0 Å². The van der Waals surface area contributed by atoms with Gasteiger partial charge in [-0.3, -0.25) is 0 Å². The van der Waals surface area contributed by atoms with Crippen molar-refractivity contribution in [1.82, 2.24) is 15.3 Å². The van der Waals surface area contributed by atoms with Crippen LogP contribution in [0.2, 0.25) is 0 Å². The Morgan fingerprint density at radius 2 is 2.38 bits per heavy atom. The lowest BCUT2D eigenvalue weighted by molar-refractivity contribution is 0.974. The van der Waals surface area contributed by atoms with E-state index in [1.807, 2.05) is 19.9 Å². The van der Waals surface area contributed by atoms with Crippen LogP contribution < -0.4 is 10.6 Å². The van der Waals surface area contributed by atoms with Crippen molar-refractivity contribution in [3.05, 3.63) is 18.0 Å². The van der Waals surface area contributed by atoms with Crippen LogP contribution in [0.1, 0.15) is 12.6 Å². The zero-order valence-corrected chi connectivity index (χ0v) is 8.48. The maximum absolute atomic E-state index is 4.98. The van der Waals surface area contributed by atoms with Gasteiger partial charge in [0.1, 0.15) is 0 Å². The Morgan fingerprint density at radius 1 is 1.62 bits per heavy atom. The topological polar surface area (TPSA) is 49.8 Å². The van der Waals surface area contributed by atoms with Gasteiger partial charge in [-0.15, -0.1) is 0 Å². The number of rotatable bonds is 2. The highest BCUT2D eigenvalue weighted by Gasteiger charge is 1.97. The minimum absolute atomic E-state index is 0.533. The molecule has 1 aromatic heterocycles. The molecule has 5 heteroatoms. The van der Waals surface area contributed by atoms with Gasteiger partial charge in [0.2, 0.25) is 5.95 Å². The summed E-state index contributed by atoms with van der Waals surface area (Å²) in [5, 5.41) is 6.38. The molecule has 0 saturated heterocycles. The maximum Gasteiger partial charge on any atom is 0.229 e. The van der Waals surface area contributed by atoms with Gasteiger partial charge >= 0.3 is 0 Å². The maximum atomic E-state index is 4.98. The number of hydrogen-bond donors (Lipinski definition) is 2. The van der Waals surface area contributed by atoms with E-state index in [0.717, 1.165) is 12.2 Å². The van der Waals surface area contributed by atoms with Gasteiger partial charge in [-0.25, -0.2) is 9.97 Å². The molecule has 2 N–H and O–H groups in total. The summed E-state index contributed by atoms with van der Waals surface area (Å²) >= 11 is 4.98. The molecule has 0 aromatic carbocycles. The molecule has 13 heavy (non-hydrogen) atoms. The number of nitrogens with zero attached hydrogens (tertiary/aromatic N) is 2. The van der Waals surface area contributed by atoms with Crippen LogP contribution in [0.4, 0.5) is 5.95 Å². The summed E-state index contributed by atoms with van der Waals surface area (Å²) < 4.78 is 0. The number of aryl methyl sites for hydroxylation is 1. The summed E-state index contributed by atoms with van der Waals surface area (Å²) in [7, 11) is 0. The van der Waals surface area contributed by atoms with Crippen molar-refractivity contribution in [1.29, 1.82) is 0 Å². The Labute approximate surface area is 82.8 Å². The van der Waals surface area contributed by atoms with E-state index in [1.54, 1.807) is 6.20 Å². The van der Waals surface area contributed by atoms with E-state index < -0.39 is 0 Å². The van der Waals surface area contributed by atoms with Crippen molar-refractivity contribution in [3.63, 3.8) is 0 Å². The third-order valence-corrected chi connectivity index (χ3v) is 1.60. The smallest absolute Gasteiger partial charge is 0.229 e. The van der Waals surface area contributed by atoms with Crippen LogP contribution in [0.5, 0.6) is 0 Å². The van der Waals surface area contributed by atoms with E-state index in [9.17, 15) is 0 Å². The lowest BCUT2D eigenvalue weighted by Crippen LogP contribution is -2.28. The SMILES string of the molecule is CCNC(=S)Nc1nccc(C)n1. The first-order valence-corrected chi connectivity index (χ1v) is 4.47. The molecule has 0 amide bonds. The Kier molecular flexibility index (Phi) is 3.57. The Balaban J connectivity index is 2.58. The minimum atomic E-state index is 0.533.